The molecular weight excluding hydrogens is 272 g/mol. The Bertz CT molecular complexity index is 592. The van der Waals surface area contributed by atoms with Gasteiger partial charge < -0.3 is 15.7 Å². The Morgan fingerprint density at radius 1 is 1.35 bits per heavy atom. The van der Waals surface area contributed by atoms with Crippen molar-refractivity contribution in [3.63, 3.8) is 0 Å². The fraction of sp³-hybridized carbons (Fsp3) is 0.571. The second-order valence-corrected chi connectivity index (χ2v) is 6.24. The number of rotatable bonds is 6. The summed E-state index contributed by atoms with van der Waals surface area (Å²) in [6, 6.07) is 2.13. The van der Waals surface area contributed by atoms with Crippen LogP contribution < -0.4 is 10.6 Å². The molecule has 2 heterocycles. The van der Waals surface area contributed by atoms with E-state index in [1.54, 1.807) is 11.3 Å². The predicted octanol–water partition coefficient (Wildman–Crippen LogP) is 2.87. The van der Waals surface area contributed by atoms with Gasteiger partial charge in [0.2, 0.25) is 5.95 Å². The van der Waals surface area contributed by atoms with E-state index in [-0.39, 0.29) is 12.1 Å². The quantitative estimate of drug-likeness (QED) is 0.764. The van der Waals surface area contributed by atoms with Gasteiger partial charge in [0.1, 0.15) is 10.6 Å². The maximum Gasteiger partial charge on any atom is 0.225 e. The van der Waals surface area contributed by atoms with Gasteiger partial charge in [-0.15, -0.1) is 11.3 Å². The average molecular weight is 294 g/mol. The molecule has 2 rings (SSSR count). The number of aliphatic hydroxyl groups is 1. The first kappa shape index (κ1) is 15.0. The van der Waals surface area contributed by atoms with Gasteiger partial charge in [0.15, 0.2) is 0 Å². The Hall–Kier alpha value is -1.40. The van der Waals surface area contributed by atoms with E-state index in [0.29, 0.717) is 5.95 Å². The van der Waals surface area contributed by atoms with Gasteiger partial charge in [-0.3, -0.25) is 0 Å². The number of nitrogens with one attached hydrogen (secondary N) is 2. The first-order chi connectivity index (χ1) is 9.55. The van der Waals surface area contributed by atoms with Crippen LogP contribution in [0.3, 0.4) is 0 Å². The van der Waals surface area contributed by atoms with E-state index in [1.807, 2.05) is 20.9 Å². The molecule has 2 aromatic heterocycles. The summed E-state index contributed by atoms with van der Waals surface area (Å²) in [5, 5.41) is 17.0. The van der Waals surface area contributed by atoms with Gasteiger partial charge in [-0.2, -0.15) is 4.98 Å². The normalized spacial score (nSPS) is 14.2. The van der Waals surface area contributed by atoms with Crippen molar-refractivity contribution in [1.29, 1.82) is 0 Å². The zero-order valence-electron chi connectivity index (χ0n) is 12.4. The van der Waals surface area contributed by atoms with Crippen molar-refractivity contribution in [2.45, 2.75) is 39.2 Å². The van der Waals surface area contributed by atoms with Crippen molar-refractivity contribution >= 4 is 33.3 Å². The first-order valence-corrected chi connectivity index (χ1v) is 7.74. The molecule has 0 aliphatic heterocycles. The molecule has 0 saturated heterocycles. The Morgan fingerprint density at radius 2 is 2.10 bits per heavy atom. The number of fused-ring (bicyclic) bond motifs is 1. The zero-order chi connectivity index (χ0) is 14.8. The van der Waals surface area contributed by atoms with Gasteiger partial charge in [0.05, 0.1) is 17.5 Å². The lowest BCUT2D eigenvalue weighted by atomic mass is 10.0. The van der Waals surface area contributed by atoms with E-state index < -0.39 is 0 Å². The average Bonchev–Trinajstić information content (AvgIpc) is 2.90. The second-order valence-electron chi connectivity index (χ2n) is 5.13. The van der Waals surface area contributed by atoms with Crippen molar-refractivity contribution in [1.82, 2.24) is 9.97 Å². The smallest absolute Gasteiger partial charge is 0.225 e. The highest BCUT2D eigenvalue weighted by atomic mass is 32.1. The summed E-state index contributed by atoms with van der Waals surface area (Å²) in [4.78, 5) is 11.3. The summed E-state index contributed by atoms with van der Waals surface area (Å²) >= 11 is 1.69. The summed E-state index contributed by atoms with van der Waals surface area (Å²) < 4.78 is 0. The molecule has 0 saturated carbocycles. The number of nitrogens with zero attached hydrogens (tertiary/aromatic N) is 2. The van der Waals surface area contributed by atoms with Gasteiger partial charge in [-0.1, -0.05) is 13.8 Å². The number of aryl methyl sites for hydroxylation is 1. The molecule has 5 nitrogen and oxygen atoms in total. The Kier molecular flexibility index (Phi) is 4.45. The number of hydrogen-bond donors (Lipinski definition) is 3. The van der Waals surface area contributed by atoms with E-state index in [9.17, 15) is 5.11 Å². The van der Waals surface area contributed by atoms with Gasteiger partial charge in [0.25, 0.3) is 0 Å². The first-order valence-electron chi connectivity index (χ1n) is 6.92. The van der Waals surface area contributed by atoms with E-state index in [0.717, 1.165) is 28.9 Å². The standard InChI is InChI=1S/C14H22N4OS/c1-5-9-7-10-11(18-14(3,6-2)8-19)16-13(15-4)17-12(10)20-9/h7,19H,5-6,8H2,1-4H3,(H2,15,16,17,18). The van der Waals surface area contributed by atoms with Crippen LogP contribution >= 0.6 is 11.3 Å². The highest BCUT2D eigenvalue weighted by molar-refractivity contribution is 7.18. The van der Waals surface area contributed by atoms with Crippen LogP contribution in [0, 0.1) is 0 Å². The maximum atomic E-state index is 9.58. The third-order valence-corrected chi connectivity index (χ3v) is 4.74. The lowest BCUT2D eigenvalue weighted by molar-refractivity contribution is 0.218. The van der Waals surface area contributed by atoms with Crippen LogP contribution in [-0.2, 0) is 6.42 Å². The number of thiophene rings is 1. The van der Waals surface area contributed by atoms with E-state index in [4.69, 9.17) is 0 Å². The molecule has 0 amide bonds. The van der Waals surface area contributed by atoms with Crippen LogP contribution in [0.2, 0.25) is 0 Å². The van der Waals surface area contributed by atoms with Gasteiger partial charge >= 0.3 is 0 Å². The molecule has 0 radical (unpaired) electrons. The SMILES string of the molecule is CCc1cc2c(NC(C)(CC)CO)nc(NC)nc2s1. The minimum atomic E-state index is -0.374. The molecule has 0 aliphatic carbocycles. The van der Waals surface area contributed by atoms with Crippen molar-refractivity contribution in [3.8, 4) is 0 Å². The largest absolute Gasteiger partial charge is 0.394 e. The molecule has 6 heteroatoms. The summed E-state index contributed by atoms with van der Waals surface area (Å²) in [6.07, 6.45) is 1.80. The van der Waals surface area contributed by atoms with Crippen LogP contribution in [-0.4, -0.2) is 34.3 Å². The minimum Gasteiger partial charge on any atom is -0.394 e. The molecule has 0 fully saturated rings. The summed E-state index contributed by atoms with van der Waals surface area (Å²) in [5.41, 5.74) is -0.374. The van der Waals surface area contributed by atoms with Crippen LogP contribution in [0.4, 0.5) is 11.8 Å². The summed E-state index contributed by atoms with van der Waals surface area (Å²) in [5.74, 6) is 1.38. The topological polar surface area (TPSA) is 70.1 Å². The third-order valence-electron chi connectivity index (χ3n) is 3.57. The highest BCUT2D eigenvalue weighted by Gasteiger charge is 2.23. The highest BCUT2D eigenvalue weighted by Crippen LogP contribution is 2.32. The molecule has 0 bridgehead atoms. The number of hydrogen-bond acceptors (Lipinski definition) is 6. The third kappa shape index (κ3) is 2.86. The second kappa shape index (κ2) is 5.93. The summed E-state index contributed by atoms with van der Waals surface area (Å²) in [7, 11) is 1.81. The minimum absolute atomic E-state index is 0.0641. The molecule has 0 aromatic carbocycles. The lowest BCUT2D eigenvalue weighted by Crippen LogP contribution is -2.38. The molecule has 1 unspecified atom stereocenters. The van der Waals surface area contributed by atoms with Crippen LogP contribution in [0.1, 0.15) is 32.1 Å². The number of aliphatic hydroxyl groups excluding tert-OH is 1. The number of aromatic nitrogens is 2. The molecule has 0 aliphatic rings. The predicted molar refractivity (Wildman–Crippen MR) is 85.7 cm³/mol. The molecule has 1 atom stereocenters. The van der Waals surface area contributed by atoms with Gasteiger partial charge in [-0.25, -0.2) is 4.98 Å². The zero-order valence-corrected chi connectivity index (χ0v) is 13.3. The fourth-order valence-electron chi connectivity index (χ4n) is 1.88. The number of anilines is 2. The van der Waals surface area contributed by atoms with Gasteiger partial charge in [-0.05, 0) is 25.8 Å². The Morgan fingerprint density at radius 3 is 2.65 bits per heavy atom. The summed E-state index contributed by atoms with van der Waals surface area (Å²) in [6.45, 7) is 6.24. The Balaban J connectivity index is 2.52. The maximum absolute atomic E-state index is 9.58. The molecule has 3 N–H and O–H groups in total. The van der Waals surface area contributed by atoms with Crippen molar-refractivity contribution < 1.29 is 5.11 Å². The molecule has 0 spiro atoms. The van der Waals surface area contributed by atoms with E-state index in [1.165, 1.54) is 4.88 Å². The van der Waals surface area contributed by atoms with Crippen molar-refractivity contribution in [2.75, 3.05) is 24.3 Å². The fourth-order valence-corrected chi connectivity index (χ4v) is 2.85. The van der Waals surface area contributed by atoms with Crippen molar-refractivity contribution in [2.24, 2.45) is 0 Å². The molecule has 110 valence electrons. The van der Waals surface area contributed by atoms with Crippen LogP contribution in [0.5, 0.6) is 0 Å². The molecular formula is C14H22N4OS. The lowest BCUT2D eigenvalue weighted by Gasteiger charge is -2.28. The Labute approximate surface area is 123 Å². The van der Waals surface area contributed by atoms with Crippen LogP contribution in [0.15, 0.2) is 6.07 Å². The van der Waals surface area contributed by atoms with Crippen molar-refractivity contribution in [3.05, 3.63) is 10.9 Å². The van der Waals surface area contributed by atoms with Crippen LogP contribution in [0.25, 0.3) is 10.2 Å². The monoisotopic (exact) mass is 294 g/mol. The molecule has 20 heavy (non-hydrogen) atoms. The van der Waals surface area contributed by atoms with Gasteiger partial charge in [0, 0.05) is 11.9 Å². The van der Waals surface area contributed by atoms with E-state index in [2.05, 4.69) is 33.6 Å². The molecule has 2 aromatic rings. The van der Waals surface area contributed by atoms with E-state index >= 15 is 0 Å².